The number of nitrogens with zero attached hydrogens (tertiary/aromatic N) is 4. The summed E-state index contributed by atoms with van der Waals surface area (Å²) in [6, 6.07) is 5.77. The van der Waals surface area contributed by atoms with Gasteiger partial charge >= 0.3 is 0 Å². The van der Waals surface area contributed by atoms with Crippen molar-refractivity contribution in [2.45, 2.75) is 39.2 Å². The SMILES string of the molecule is CCCC(O)c1cc(C)c(-c2cc3cnc(NC(=O)C4CC4CN(C)C)cc3cn2)cn1. The molecular formula is C25H31N5O2. The van der Waals surface area contributed by atoms with Gasteiger partial charge in [-0.1, -0.05) is 13.3 Å². The van der Waals surface area contributed by atoms with Crippen LogP contribution >= 0.6 is 0 Å². The Morgan fingerprint density at radius 1 is 1.16 bits per heavy atom. The molecule has 4 rings (SSSR count). The van der Waals surface area contributed by atoms with Crippen molar-refractivity contribution in [2.75, 3.05) is 26.0 Å². The van der Waals surface area contributed by atoms with Gasteiger partial charge in [-0.15, -0.1) is 0 Å². The highest BCUT2D eigenvalue weighted by molar-refractivity contribution is 5.96. The van der Waals surface area contributed by atoms with Crippen molar-refractivity contribution in [3.05, 3.63) is 48.0 Å². The van der Waals surface area contributed by atoms with E-state index in [4.69, 9.17) is 0 Å². The molecule has 0 bridgehead atoms. The summed E-state index contributed by atoms with van der Waals surface area (Å²) in [5.41, 5.74) is 3.45. The molecule has 7 heteroatoms. The second-order valence-corrected chi connectivity index (χ2v) is 9.07. The van der Waals surface area contributed by atoms with Crippen LogP contribution in [0.5, 0.6) is 0 Å². The second-order valence-electron chi connectivity index (χ2n) is 9.07. The zero-order chi connectivity index (χ0) is 22.8. The smallest absolute Gasteiger partial charge is 0.228 e. The van der Waals surface area contributed by atoms with E-state index in [1.165, 1.54) is 0 Å². The van der Waals surface area contributed by atoms with E-state index < -0.39 is 6.10 Å². The molecule has 1 saturated carbocycles. The molecule has 1 aliphatic carbocycles. The van der Waals surface area contributed by atoms with E-state index in [0.717, 1.165) is 47.0 Å². The highest BCUT2D eigenvalue weighted by atomic mass is 16.3. The number of aliphatic hydroxyl groups is 1. The summed E-state index contributed by atoms with van der Waals surface area (Å²) in [6.45, 7) is 4.98. The first-order valence-corrected chi connectivity index (χ1v) is 11.2. The van der Waals surface area contributed by atoms with Crippen LogP contribution in [0.4, 0.5) is 5.82 Å². The van der Waals surface area contributed by atoms with E-state index in [1.807, 2.05) is 46.1 Å². The van der Waals surface area contributed by atoms with E-state index in [1.54, 1.807) is 18.6 Å². The Labute approximate surface area is 188 Å². The molecule has 1 aliphatic rings. The van der Waals surface area contributed by atoms with E-state index in [2.05, 4.69) is 25.2 Å². The summed E-state index contributed by atoms with van der Waals surface area (Å²) < 4.78 is 0. The molecule has 1 fully saturated rings. The molecule has 0 spiro atoms. The van der Waals surface area contributed by atoms with E-state index >= 15 is 0 Å². The van der Waals surface area contributed by atoms with Crippen LogP contribution in [0.1, 0.15) is 43.5 Å². The molecule has 32 heavy (non-hydrogen) atoms. The number of anilines is 1. The van der Waals surface area contributed by atoms with Gasteiger partial charge in [-0.2, -0.15) is 0 Å². The Hall–Kier alpha value is -2.90. The average Bonchev–Trinajstić information content (AvgIpc) is 3.52. The first kappa shape index (κ1) is 22.3. The Morgan fingerprint density at radius 2 is 1.91 bits per heavy atom. The van der Waals surface area contributed by atoms with Crippen molar-refractivity contribution >= 4 is 22.5 Å². The minimum atomic E-state index is -0.538. The number of aromatic nitrogens is 3. The molecule has 0 saturated heterocycles. The number of aliphatic hydroxyl groups excluding tert-OH is 1. The van der Waals surface area contributed by atoms with Crippen molar-refractivity contribution in [2.24, 2.45) is 11.8 Å². The third-order valence-electron chi connectivity index (χ3n) is 6.02. The first-order valence-electron chi connectivity index (χ1n) is 11.2. The monoisotopic (exact) mass is 433 g/mol. The normalized spacial score (nSPS) is 18.7. The molecule has 0 aromatic carbocycles. The summed E-state index contributed by atoms with van der Waals surface area (Å²) >= 11 is 0. The summed E-state index contributed by atoms with van der Waals surface area (Å²) in [6.07, 6.45) is 7.34. The topological polar surface area (TPSA) is 91.2 Å². The third-order valence-corrected chi connectivity index (χ3v) is 6.02. The number of hydrogen-bond donors (Lipinski definition) is 2. The van der Waals surface area contributed by atoms with Gasteiger partial charge in [-0.05, 0) is 63.5 Å². The van der Waals surface area contributed by atoms with Gasteiger partial charge < -0.3 is 15.3 Å². The number of carbonyl (C=O) groups is 1. The highest BCUT2D eigenvalue weighted by Gasteiger charge is 2.43. The van der Waals surface area contributed by atoms with Crippen molar-refractivity contribution < 1.29 is 9.90 Å². The van der Waals surface area contributed by atoms with E-state index in [9.17, 15) is 9.90 Å². The standard InChI is InChI=1S/C25H31N5O2/c1-5-6-23(31)22-7-15(2)20(13-27-22)21-9-16-12-28-24(10-17(16)11-26-21)29-25(32)19-8-18(19)14-30(3)4/h7,9-13,18-19,23,31H,5-6,8,14H2,1-4H3,(H,28,29,32). The highest BCUT2D eigenvalue weighted by Crippen LogP contribution is 2.39. The molecule has 3 atom stereocenters. The molecule has 2 N–H and O–H groups in total. The van der Waals surface area contributed by atoms with Crippen LogP contribution in [-0.4, -0.2) is 51.5 Å². The lowest BCUT2D eigenvalue weighted by molar-refractivity contribution is -0.117. The lowest BCUT2D eigenvalue weighted by atomic mass is 10.0. The number of pyridine rings is 3. The number of carbonyl (C=O) groups excluding carboxylic acids is 1. The lowest BCUT2D eigenvalue weighted by Crippen LogP contribution is -2.20. The minimum Gasteiger partial charge on any atom is -0.387 e. The fourth-order valence-electron chi connectivity index (χ4n) is 4.16. The van der Waals surface area contributed by atoms with Crippen molar-refractivity contribution in [3.8, 4) is 11.3 Å². The number of nitrogens with one attached hydrogen (secondary N) is 1. The first-order chi connectivity index (χ1) is 15.4. The average molecular weight is 434 g/mol. The van der Waals surface area contributed by atoms with Gasteiger partial charge in [-0.25, -0.2) is 4.98 Å². The van der Waals surface area contributed by atoms with Gasteiger partial charge in [0.15, 0.2) is 0 Å². The fourth-order valence-corrected chi connectivity index (χ4v) is 4.16. The molecule has 3 aromatic heterocycles. The van der Waals surface area contributed by atoms with Gasteiger partial charge in [0.25, 0.3) is 0 Å². The quantitative estimate of drug-likeness (QED) is 0.559. The molecule has 3 aromatic rings. The van der Waals surface area contributed by atoms with Crippen LogP contribution in [0.2, 0.25) is 0 Å². The number of aryl methyl sites for hydroxylation is 1. The molecule has 0 radical (unpaired) electrons. The van der Waals surface area contributed by atoms with Crippen molar-refractivity contribution in [3.63, 3.8) is 0 Å². The molecule has 168 valence electrons. The molecule has 1 amide bonds. The number of hydrogen-bond acceptors (Lipinski definition) is 6. The Kier molecular flexibility index (Phi) is 6.48. The van der Waals surface area contributed by atoms with Crippen LogP contribution in [-0.2, 0) is 4.79 Å². The Morgan fingerprint density at radius 3 is 2.62 bits per heavy atom. The van der Waals surface area contributed by atoms with Gasteiger partial charge in [0.05, 0.1) is 17.5 Å². The van der Waals surface area contributed by atoms with Crippen LogP contribution in [0.15, 0.2) is 36.8 Å². The Bertz CT molecular complexity index is 1130. The maximum atomic E-state index is 12.5. The van der Waals surface area contributed by atoms with Gasteiger partial charge in [0, 0.05) is 47.4 Å². The zero-order valence-corrected chi connectivity index (χ0v) is 19.2. The van der Waals surface area contributed by atoms with E-state index in [-0.39, 0.29) is 11.8 Å². The summed E-state index contributed by atoms with van der Waals surface area (Å²) in [5.74, 6) is 1.10. The molecule has 7 nitrogen and oxygen atoms in total. The summed E-state index contributed by atoms with van der Waals surface area (Å²) in [5, 5.41) is 15.0. The van der Waals surface area contributed by atoms with Crippen LogP contribution in [0, 0.1) is 18.8 Å². The van der Waals surface area contributed by atoms with Crippen molar-refractivity contribution in [1.29, 1.82) is 0 Å². The predicted molar refractivity (Wildman–Crippen MR) is 126 cm³/mol. The minimum absolute atomic E-state index is 0.0420. The summed E-state index contributed by atoms with van der Waals surface area (Å²) in [4.78, 5) is 28.1. The van der Waals surface area contributed by atoms with Crippen LogP contribution in [0.3, 0.4) is 0 Å². The van der Waals surface area contributed by atoms with E-state index in [0.29, 0.717) is 23.9 Å². The number of fused-ring (bicyclic) bond motifs is 1. The van der Waals surface area contributed by atoms with Gasteiger partial charge in [0.1, 0.15) is 5.82 Å². The maximum absolute atomic E-state index is 12.5. The fraction of sp³-hybridized carbons (Fsp3) is 0.440. The van der Waals surface area contributed by atoms with Crippen LogP contribution < -0.4 is 5.32 Å². The lowest BCUT2D eigenvalue weighted by Gasteiger charge is -2.12. The molecule has 0 aliphatic heterocycles. The third kappa shape index (κ3) is 4.95. The number of amides is 1. The predicted octanol–water partition coefficient (Wildman–Crippen LogP) is 3.97. The van der Waals surface area contributed by atoms with Gasteiger partial charge in [0.2, 0.25) is 5.91 Å². The maximum Gasteiger partial charge on any atom is 0.228 e. The summed E-state index contributed by atoms with van der Waals surface area (Å²) in [7, 11) is 4.06. The zero-order valence-electron chi connectivity index (χ0n) is 19.2. The molecule has 3 unspecified atom stereocenters. The molecule has 3 heterocycles. The second kappa shape index (κ2) is 9.30. The van der Waals surface area contributed by atoms with Gasteiger partial charge in [-0.3, -0.25) is 14.8 Å². The van der Waals surface area contributed by atoms with Crippen LogP contribution in [0.25, 0.3) is 22.0 Å². The Balaban J connectivity index is 1.49. The largest absolute Gasteiger partial charge is 0.387 e. The number of rotatable bonds is 8. The van der Waals surface area contributed by atoms with Crippen molar-refractivity contribution in [1.82, 2.24) is 19.9 Å². The molecular weight excluding hydrogens is 402 g/mol.